The Morgan fingerprint density at radius 3 is 3.08 bits per heavy atom. The van der Waals surface area contributed by atoms with E-state index in [9.17, 15) is 5.11 Å². The molecule has 1 aliphatic carbocycles. The van der Waals surface area contributed by atoms with Gasteiger partial charge in [-0.25, -0.2) is 0 Å². The van der Waals surface area contributed by atoms with E-state index in [2.05, 4.69) is 4.90 Å². The molecule has 0 aromatic rings. The molecule has 2 saturated heterocycles. The summed E-state index contributed by atoms with van der Waals surface area (Å²) in [6.07, 6.45) is 6.72. The molecule has 3 atom stereocenters. The van der Waals surface area contributed by atoms with Gasteiger partial charge in [0.25, 0.3) is 0 Å². The lowest BCUT2D eigenvalue weighted by Gasteiger charge is -2.40. The van der Waals surface area contributed by atoms with Crippen LogP contribution in [0.1, 0.15) is 32.1 Å². The standard InChI is InChI=1S/C10H17NO/c12-7-10-4-1-5-11(10)9-3-2-8(10)6-9/h8-9,12H,1-7H2. The molecule has 3 rings (SSSR count). The van der Waals surface area contributed by atoms with Crippen LogP contribution in [0.5, 0.6) is 0 Å². The molecule has 0 aromatic carbocycles. The van der Waals surface area contributed by atoms with Gasteiger partial charge in [0, 0.05) is 11.6 Å². The van der Waals surface area contributed by atoms with Gasteiger partial charge in [0.15, 0.2) is 0 Å². The molecule has 3 fully saturated rings. The first-order valence-electron chi connectivity index (χ1n) is 5.24. The smallest absolute Gasteiger partial charge is 0.0618 e. The third kappa shape index (κ3) is 0.647. The minimum absolute atomic E-state index is 0.253. The van der Waals surface area contributed by atoms with Gasteiger partial charge >= 0.3 is 0 Å². The average molecular weight is 167 g/mol. The summed E-state index contributed by atoms with van der Waals surface area (Å²) in [4.78, 5) is 2.61. The molecule has 68 valence electrons. The van der Waals surface area contributed by atoms with Gasteiger partial charge in [-0.2, -0.15) is 0 Å². The number of hydrogen-bond acceptors (Lipinski definition) is 2. The maximum absolute atomic E-state index is 9.51. The summed E-state index contributed by atoms with van der Waals surface area (Å²) in [5.74, 6) is 0.829. The lowest BCUT2D eigenvalue weighted by Crippen LogP contribution is -2.51. The third-order valence-corrected chi connectivity index (χ3v) is 4.46. The number of nitrogens with zero attached hydrogens (tertiary/aromatic N) is 1. The van der Waals surface area contributed by atoms with Crippen LogP contribution in [-0.2, 0) is 0 Å². The predicted molar refractivity (Wildman–Crippen MR) is 46.9 cm³/mol. The van der Waals surface area contributed by atoms with Crippen molar-refractivity contribution >= 4 is 0 Å². The molecule has 0 aromatic heterocycles. The molecule has 0 spiro atoms. The normalized spacial score (nSPS) is 51.8. The van der Waals surface area contributed by atoms with Crippen molar-refractivity contribution in [3.8, 4) is 0 Å². The van der Waals surface area contributed by atoms with Crippen LogP contribution in [0.4, 0.5) is 0 Å². The van der Waals surface area contributed by atoms with Crippen molar-refractivity contribution in [3.05, 3.63) is 0 Å². The number of fused-ring (bicyclic) bond motifs is 5. The molecule has 3 unspecified atom stereocenters. The van der Waals surface area contributed by atoms with E-state index in [0.29, 0.717) is 6.61 Å². The minimum atomic E-state index is 0.253. The molecule has 3 aliphatic rings. The fourth-order valence-corrected chi connectivity index (χ4v) is 3.93. The first-order valence-corrected chi connectivity index (χ1v) is 5.24. The van der Waals surface area contributed by atoms with Crippen molar-refractivity contribution in [1.82, 2.24) is 4.90 Å². The maximum atomic E-state index is 9.51. The van der Waals surface area contributed by atoms with E-state index in [1.807, 2.05) is 0 Å². The molecule has 1 saturated carbocycles. The van der Waals surface area contributed by atoms with Gasteiger partial charge in [-0.05, 0) is 44.6 Å². The quantitative estimate of drug-likeness (QED) is 0.629. The summed E-state index contributed by atoms with van der Waals surface area (Å²) in [7, 11) is 0. The van der Waals surface area contributed by atoms with E-state index in [0.717, 1.165) is 12.0 Å². The largest absolute Gasteiger partial charge is 0.394 e. The zero-order chi connectivity index (χ0) is 8.18. The molecule has 1 N–H and O–H groups in total. The number of aliphatic hydroxyl groups excluding tert-OH is 1. The highest BCUT2D eigenvalue weighted by molar-refractivity contribution is 5.12. The second kappa shape index (κ2) is 2.24. The molecule has 12 heavy (non-hydrogen) atoms. The Labute approximate surface area is 73.6 Å². The van der Waals surface area contributed by atoms with Gasteiger partial charge in [-0.3, -0.25) is 4.90 Å². The van der Waals surface area contributed by atoms with Gasteiger partial charge in [0.1, 0.15) is 0 Å². The molecule has 2 heterocycles. The second-order valence-corrected chi connectivity index (χ2v) is 4.72. The van der Waals surface area contributed by atoms with E-state index in [1.165, 1.54) is 38.6 Å². The van der Waals surface area contributed by atoms with Crippen LogP contribution in [-0.4, -0.2) is 34.7 Å². The minimum Gasteiger partial charge on any atom is -0.394 e. The Hall–Kier alpha value is -0.0800. The van der Waals surface area contributed by atoms with Crippen molar-refractivity contribution < 1.29 is 5.11 Å². The van der Waals surface area contributed by atoms with Crippen molar-refractivity contribution in [1.29, 1.82) is 0 Å². The molecule has 2 aliphatic heterocycles. The molecule has 2 nitrogen and oxygen atoms in total. The Bertz CT molecular complexity index is 206. The maximum Gasteiger partial charge on any atom is 0.0618 e. The van der Waals surface area contributed by atoms with Crippen LogP contribution < -0.4 is 0 Å². The van der Waals surface area contributed by atoms with Crippen LogP contribution >= 0.6 is 0 Å². The topological polar surface area (TPSA) is 23.5 Å². The van der Waals surface area contributed by atoms with Crippen molar-refractivity contribution in [2.45, 2.75) is 43.7 Å². The summed E-state index contributed by atoms with van der Waals surface area (Å²) in [6, 6.07) is 0.838. The van der Waals surface area contributed by atoms with Crippen LogP contribution in [0.2, 0.25) is 0 Å². The van der Waals surface area contributed by atoms with Crippen LogP contribution in [0.15, 0.2) is 0 Å². The Kier molecular flexibility index (Phi) is 1.37. The zero-order valence-corrected chi connectivity index (χ0v) is 7.50. The Balaban J connectivity index is 1.98. The molecular formula is C10H17NO. The molecule has 0 amide bonds. The van der Waals surface area contributed by atoms with Gasteiger partial charge in [0.05, 0.1) is 6.61 Å². The van der Waals surface area contributed by atoms with Gasteiger partial charge in [-0.15, -0.1) is 0 Å². The number of hydrogen-bond donors (Lipinski definition) is 1. The average Bonchev–Trinajstić information content (AvgIpc) is 2.76. The molecule has 0 radical (unpaired) electrons. The Morgan fingerprint density at radius 2 is 2.33 bits per heavy atom. The number of piperidine rings is 1. The fourth-order valence-electron chi connectivity index (χ4n) is 3.93. The molecule has 2 bridgehead atoms. The monoisotopic (exact) mass is 167 g/mol. The third-order valence-electron chi connectivity index (χ3n) is 4.46. The molecular weight excluding hydrogens is 150 g/mol. The summed E-state index contributed by atoms with van der Waals surface area (Å²) >= 11 is 0. The number of rotatable bonds is 1. The first kappa shape index (κ1) is 7.34. The van der Waals surface area contributed by atoms with E-state index in [4.69, 9.17) is 0 Å². The van der Waals surface area contributed by atoms with Crippen molar-refractivity contribution in [2.24, 2.45) is 5.92 Å². The zero-order valence-electron chi connectivity index (χ0n) is 7.50. The summed E-state index contributed by atoms with van der Waals surface area (Å²) in [5, 5.41) is 9.51. The summed E-state index contributed by atoms with van der Waals surface area (Å²) in [6.45, 7) is 1.66. The highest BCUT2D eigenvalue weighted by Gasteiger charge is 2.57. The van der Waals surface area contributed by atoms with Crippen molar-refractivity contribution in [2.75, 3.05) is 13.2 Å². The lowest BCUT2D eigenvalue weighted by molar-refractivity contribution is 0.0258. The van der Waals surface area contributed by atoms with Gasteiger partial charge < -0.3 is 5.11 Å². The number of aliphatic hydroxyl groups is 1. The predicted octanol–water partition coefficient (Wildman–Crippen LogP) is 0.996. The first-order chi connectivity index (χ1) is 5.87. The molecule has 2 heteroatoms. The summed E-state index contributed by atoms with van der Waals surface area (Å²) < 4.78 is 0. The van der Waals surface area contributed by atoms with Gasteiger partial charge in [0.2, 0.25) is 0 Å². The second-order valence-electron chi connectivity index (χ2n) is 4.72. The van der Waals surface area contributed by atoms with E-state index in [-0.39, 0.29) is 5.54 Å². The van der Waals surface area contributed by atoms with Crippen LogP contribution in [0, 0.1) is 5.92 Å². The highest BCUT2D eigenvalue weighted by Crippen LogP contribution is 2.53. The van der Waals surface area contributed by atoms with E-state index < -0.39 is 0 Å². The SMILES string of the molecule is OCC12CCCN1C1CCC2C1. The van der Waals surface area contributed by atoms with Gasteiger partial charge in [-0.1, -0.05) is 0 Å². The van der Waals surface area contributed by atoms with Crippen LogP contribution in [0.25, 0.3) is 0 Å². The van der Waals surface area contributed by atoms with E-state index >= 15 is 0 Å². The fraction of sp³-hybridized carbons (Fsp3) is 1.00. The highest BCUT2D eigenvalue weighted by atomic mass is 16.3. The Morgan fingerprint density at radius 1 is 1.42 bits per heavy atom. The van der Waals surface area contributed by atoms with E-state index in [1.54, 1.807) is 0 Å². The van der Waals surface area contributed by atoms with Crippen molar-refractivity contribution in [3.63, 3.8) is 0 Å². The van der Waals surface area contributed by atoms with Crippen LogP contribution in [0.3, 0.4) is 0 Å². The lowest BCUT2D eigenvalue weighted by atomic mass is 9.83. The summed E-state index contributed by atoms with van der Waals surface area (Å²) in [5.41, 5.74) is 0.253.